The van der Waals surface area contributed by atoms with Crippen molar-refractivity contribution >= 4 is 12.0 Å². The quantitative estimate of drug-likeness (QED) is 0.662. The van der Waals surface area contributed by atoms with Crippen LogP contribution >= 0.6 is 0 Å². The van der Waals surface area contributed by atoms with Gasteiger partial charge in [0.1, 0.15) is 0 Å². The molecule has 2 aliphatic rings. The zero-order chi connectivity index (χ0) is 12.3. The second-order valence-corrected chi connectivity index (χ2v) is 4.13. The molecule has 17 heavy (non-hydrogen) atoms. The summed E-state index contributed by atoms with van der Waals surface area (Å²) in [5.41, 5.74) is 0. The molecule has 1 fully saturated rings. The zero-order valence-electron chi connectivity index (χ0n) is 9.54. The van der Waals surface area contributed by atoms with Crippen LogP contribution in [0, 0.1) is 0 Å². The monoisotopic (exact) mass is 240 g/mol. The van der Waals surface area contributed by atoms with Gasteiger partial charge in [-0.3, -0.25) is 0 Å². The van der Waals surface area contributed by atoms with E-state index in [4.69, 9.17) is 9.84 Å². The van der Waals surface area contributed by atoms with Crippen molar-refractivity contribution in [1.29, 1.82) is 0 Å². The van der Waals surface area contributed by atoms with Crippen molar-refractivity contribution in [3.8, 4) is 0 Å². The van der Waals surface area contributed by atoms with E-state index in [2.05, 4.69) is 0 Å². The summed E-state index contributed by atoms with van der Waals surface area (Å²) < 4.78 is 5.08. The predicted molar refractivity (Wildman–Crippen MR) is 59.7 cm³/mol. The molecule has 0 aliphatic carbocycles. The number of carbonyl (C=O) groups is 2. The molecule has 0 bridgehead atoms. The summed E-state index contributed by atoms with van der Waals surface area (Å²) in [6, 6.07) is -0.0936. The number of rotatable bonds is 1. The van der Waals surface area contributed by atoms with Crippen LogP contribution in [0.25, 0.3) is 0 Å². The van der Waals surface area contributed by atoms with Gasteiger partial charge in [0.2, 0.25) is 0 Å². The Labute approximate surface area is 99.4 Å². The summed E-state index contributed by atoms with van der Waals surface area (Å²) in [6.07, 6.45) is 3.96. The highest BCUT2D eigenvalue weighted by molar-refractivity contribution is 5.77. The molecule has 0 spiro atoms. The number of hydrogen-bond donors (Lipinski definition) is 1. The molecule has 94 valence electrons. The van der Waals surface area contributed by atoms with Crippen LogP contribution in [-0.2, 0) is 9.53 Å². The number of morpholine rings is 1. The minimum atomic E-state index is -1.01. The normalized spacial score (nSPS) is 24.8. The summed E-state index contributed by atoms with van der Waals surface area (Å²) >= 11 is 0. The van der Waals surface area contributed by atoms with Crippen LogP contribution in [0.1, 0.15) is 6.42 Å². The highest BCUT2D eigenvalue weighted by Crippen LogP contribution is 2.11. The molecule has 6 heteroatoms. The number of carboxylic acids is 1. The van der Waals surface area contributed by atoms with Crippen LogP contribution in [0.2, 0.25) is 0 Å². The Morgan fingerprint density at radius 3 is 2.71 bits per heavy atom. The van der Waals surface area contributed by atoms with Gasteiger partial charge in [0.25, 0.3) is 0 Å². The van der Waals surface area contributed by atoms with E-state index in [-0.39, 0.29) is 19.2 Å². The number of urea groups is 1. The molecular weight excluding hydrogens is 224 g/mol. The van der Waals surface area contributed by atoms with Crippen molar-refractivity contribution in [1.82, 2.24) is 9.80 Å². The molecule has 2 rings (SSSR count). The van der Waals surface area contributed by atoms with E-state index in [9.17, 15) is 9.59 Å². The van der Waals surface area contributed by atoms with Crippen LogP contribution in [-0.4, -0.2) is 65.8 Å². The number of nitrogens with zero attached hydrogens (tertiary/aromatic N) is 2. The summed E-state index contributed by atoms with van der Waals surface area (Å²) in [6.45, 7) is 2.18. The first kappa shape index (κ1) is 11.9. The first-order chi connectivity index (χ1) is 8.18. The first-order valence-electron chi connectivity index (χ1n) is 5.72. The van der Waals surface area contributed by atoms with Gasteiger partial charge in [0.05, 0.1) is 13.2 Å². The lowest BCUT2D eigenvalue weighted by molar-refractivity contribution is -0.154. The van der Waals surface area contributed by atoms with Gasteiger partial charge in [0, 0.05) is 19.6 Å². The minimum absolute atomic E-state index is 0.0936. The topological polar surface area (TPSA) is 70.1 Å². The first-order valence-corrected chi connectivity index (χ1v) is 5.72. The summed E-state index contributed by atoms with van der Waals surface area (Å²) in [5.74, 6) is -1.01. The van der Waals surface area contributed by atoms with Crippen molar-refractivity contribution in [2.24, 2.45) is 0 Å². The molecule has 0 radical (unpaired) electrons. The van der Waals surface area contributed by atoms with Crippen molar-refractivity contribution in [2.45, 2.75) is 12.5 Å². The Hall–Kier alpha value is -1.56. The lowest BCUT2D eigenvalue weighted by Gasteiger charge is -2.35. The summed E-state index contributed by atoms with van der Waals surface area (Å²) in [7, 11) is 0. The molecule has 1 atom stereocenters. The molecule has 0 aromatic rings. The number of ether oxygens (including phenoxy) is 1. The fourth-order valence-corrected chi connectivity index (χ4v) is 1.99. The molecule has 1 N–H and O–H groups in total. The van der Waals surface area contributed by atoms with Gasteiger partial charge in [-0.05, 0) is 6.42 Å². The van der Waals surface area contributed by atoms with Gasteiger partial charge in [-0.15, -0.1) is 0 Å². The van der Waals surface area contributed by atoms with E-state index >= 15 is 0 Å². The smallest absolute Gasteiger partial charge is 0.334 e. The van der Waals surface area contributed by atoms with Crippen molar-refractivity contribution < 1.29 is 19.4 Å². The lowest BCUT2D eigenvalue weighted by Crippen LogP contribution is -2.53. The van der Waals surface area contributed by atoms with E-state index in [1.54, 1.807) is 9.80 Å². The molecule has 0 saturated carbocycles. The summed E-state index contributed by atoms with van der Waals surface area (Å²) in [4.78, 5) is 26.2. The Kier molecular flexibility index (Phi) is 3.63. The molecule has 1 saturated heterocycles. The SMILES string of the molecule is O=C(O)C1CN(C(=O)N2CC=CCC2)CCO1. The third-order valence-corrected chi connectivity index (χ3v) is 2.94. The van der Waals surface area contributed by atoms with Crippen molar-refractivity contribution in [2.75, 3.05) is 32.8 Å². The molecule has 2 amide bonds. The van der Waals surface area contributed by atoms with Crippen molar-refractivity contribution in [3.63, 3.8) is 0 Å². The van der Waals surface area contributed by atoms with Gasteiger partial charge in [-0.1, -0.05) is 12.2 Å². The van der Waals surface area contributed by atoms with Gasteiger partial charge < -0.3 is 19.6 Å². The number of amides is 2. The molecule has 6 nitrogen and oxygen atoms in total. The third kappa shape index (κ3) is 2.76. The van der Waals surface area contributed by atoms with Gasteiger partial charge in [0.15, 0.2) is 6.10 Å². The Bertz CT molecular complexity index is 342. The molecule has 1 unspecified atom stereocenters. The second-order valence-electron chi connectivity index (χ2n) is 4.13. The maximum Gasteiger partial charge on any atom is 0.334 e. The maximum atomic E-state index is 12.1. The number of carbonyl (C=O) groups excluding carboxylic acids is 1. The number of hydrogen-bond acceptors (Lipinski definition) is 3. The predicted octanol–water partition coefficient (Wildman–Crippen LogP) is 0.154. The van der Waals surface area contributed by atoms with Crippen LogP contribution in [0.4, 0.5) is 4.79 Å². The fraction of sp³-hybridized carbons (Fsp3) is 0.636. The van der Waals surface area contributed by atoms with Gasteiger partial charge in [-0.25, -0.2) is 9.59 Å². The maximum absolute atomic E-state index is 12.1. The standard InChI is InChI=1S/C11H16N2O4/c14-10(15)9-8-13(6-7-17-9)11(16)12-4-2-1-3-5-12/h1-2,9H,3-8H2,(H,14,15). The molecule has 2 aliphatic heterocycles. The Morgan fingerprint density at radius 1 is 1.24 bits per heavy atom. The highest BCUT2D eigenvalue weighted by Gasteiger charge is 2.31. The Balaban J connectivity index is 1.94. The van der Waals surface area contributed by atoms with Crippen LogP contribution in [0.5, 0.6) is 0 Å². The van der Waals surface area contributed by atoms with E-state index in [1.165, 1.54) is 0 Å². The van der Waals surface area contributed by atoms with Crippen molar-refractivity contribution in [3.05, 3.63) is 12.2 Å². The van der Waals surface area contributed by atoms with E-state index in [0.717, 1.165) is 6.42 Å². The zero-order valence-corrected chi connectivity index (χ0v) is 9.54. The highest BCUT2D eigenvalue weighted by atomic mass is 16.5. The molecular formula is C11H16N2O4. The number of carboxylic acid groups (broad SMARTS) is 1. The largest absolute Gasteiger partial charge is 0.479 e. The fourth-order valence-electron chi connectivity index (χ4n) is 1.99. The van der Waals surface area contributed by atoms with Crippen LogP contribution in [0.3, 0.4) is 0 Å². The lowest BCUT2D eigenvalue weighted by atomic mass is 10.2. The molecule has 2 heterocycles. The molecule has 0 aromatic carbocycles. The van der Waals surface area contributed by atoms with Gasteiger partial charge in [-0.2, -0.15) is 0 Å². The second kappa shape index (κ2) is 5.18. The van der Waals surface area contributed by atoms with E-state index in [0.29, 0.717) is 19.6 Å². The van der Waals surface area contributed by atoms with E-state index < -0.39 is 12.1 Å². The average molecular weight is 240 g/mol. The Morgan fingerprint density at radius 2 is 2.06 bits per heavy atom. The van der Waals surface area contributed by atoms with E-state index in [1.807, 2.05) is 12.2 Å². The van der Waals surface area contributed by atoms with Crippen LogP contribution in [0.15, 0.2) is 12.2 Å². The minimum Gasteiger partial charge on any atom is -0.479 e. The van der Waals surface area contributed by atoms with Gasteiger partial charge >= 0.3 is 12.0 Å². The summed E-state index contributed by atoms with van der Waals surface area (Å²) in [5, 5.41) is 8.86. The molecule has 0 aromatic heterocycles. The third-order valence-electron chi connectivity index (χ3n) is 2.94. The number of aliphatic carboxylic acids is 1. The van der Waals surface area contributed by atoms with Crippen LogP contribution < -0.4 is 0 Å². The average Bonchev–Trinajstić information content (AvgIpc) is 2.39.